The summed E-state index contributed by atoms with van der Waals surface area (Å²) in [6.45, 7) is 0. The minimum absolute atomic E-state index is 0.188. The molecule has 0 saturated heterocycles. The van der Waals surface area contributed by atoms with Gasteiger partial charge in [0.2, 0.25) is 11.9 Å². The smallest absolute Gasteiger partial charge is 0.240 e. The Balaban J connectivity index is 2.12. The second kappa shape index (κ2) is 4.25. The quantitative estimate of drug-likeness (QED) is 0.727. The summed E-state index contributed by atoms with van der Waals surface area (Å²) in [5.74, 6) is 1.19. The predicted octanol–water partition coefficient (Wildman–Crippen LogP) is 1.31. The van der Waals surface area contributed by atoms with Crippen LogP contribution in [0.5, 0.6) is 0 Å². The van der Waals surface area contributed by atoms with Crippen molar-refractivity contribution < 1.29 is 0 Å². The monoisotopic (exact) mass is 238 g/mol. The van der Waals surface area contributed by atoms with Gasteiger partial charge >= 0.3 is 0 Å². The van der Waals surface area contributed by atoms with Crippen LogP contribution in [0.2, 0.25) is 0 Å². The summed E-state index contributed by atoms with van der Waals surface area (Å²) in [4.78, 5) is 16.5. The molecule has 3 rings (SSSR count). The van der Waals surface area contributed by atoms with Gasteiger partial charge in [0, 0.05) is 18.0 Å². The van der Waals surface area contributed by atoms with Crippen molar-refractivity contribution >= 4 is 5.95 Å². The van der Waals surface area contributed by atoms with Crippen molar-refractivity contribution in [1.82, 2.24) is 24.5 Å². The van der Waals surface area contributed by atoms with Gasteiger partial charge in [-0.2, -0.15) is 15.0 Å². The molecule has 0 atom stereocenters. The fraction of sp³-hybridized carbons (Fsp3) is 0. The standard InChI is InChI=1S/C12H10N6/c13-11-15-10(9-4-2-1-3-5-9)16-12(17-11)18-7-6-14-8-18/h1-8H,(H2,13,15,16,17). The lowest BCUT2D eigenvalue weighted by atomic mass is 10.2. The molecule has 2 heterocycles. The fourth-order valence-corrected chi connectivity index (χ4v) is 1.59. The van der Waals surface area contributed by atoms with Crippen molar-refractivity contribution in [3.05, 3.63) is 49.1 Å². The van der Waals surface area contributed by atoms with Crippen LogP contribution in [-0.2, 0) is 0 Å². The van der Waals surface area contributed by atoms with Gasteiger partial charge in [-0.15, -0.1) is 0 Å². The van der Waals surface area contributed by atoms with E-state index in [0.717, 1.165) is 5.56 Å². The first-order valence-electron chi connectivity index (χ1n) is 5.38. The van der Waals surface area contributed by atoms with Gasteiger partial charge in [-0.25, -0.2) is 4.98 Å². The molecule has 6 nitrogen and oxygen atoms in total. The van der Waals surface area contributed by atoms with Gasteiger partial charge in [-0.1, -0.05) is 30.3 Å². The van der Waals surface area contributed by atoms with E-state index in [1.165, 1.54) is 0 Å². The van der Waals surface area contributed by atoms with Crippen LogP contribution in [0.3, 0.4) is 0 Å². The van der Waals surface area contributed by atoms with Crippen LogP contribution < -0.4 is 5.73 Å². The van der Waals surface area contributed by atoms with Gasteiger partial charge in [0.1, 0.15) is 6.33 Å². The third-order valence-electron chi connectivity index (χ3n) is 2.41. The third kappa shape index (κ3) is 1.91. The summed E-state index contributed by atoms with van der Waals surface area (Å²) in [6.07, 6.45) is 5.02. The van der Waals surface area contributed by atoms with E-state index in [1.54, 1.807) is 23.3 Å². The maximum Gasteiger partial charge on any atom is 0.240 e. The van der Waals surface area contributed by atoms with E-state index in [1.807, 2.05) is 30.3 Å². The summed E-state index contributed by atoms with van der Waals surface area (Å²) < 4.78 is 1.68. The van der Waals surface area contributed by atoms with Crippen molar-refractivity contribution in [2.45, 2.75) is 0 Å². The number of hydrogen-bond donors (Lipinski definition) is 1. The molecular formula is C12H10N6. The largest absolute Gasteiger partial charge is 0.368 e. The molecule has 0 saturated carbocycles. The minimum Gasteiger partial charge on any atom is -0.368 e. The number of imidazole rings is 1. The molecule has 0 unspecified atom stereocenters. The normalized spacial score (nSPS) is 10.4. The Morgan fingerprint density at radius 1 is 1.00 bits per heavy atom. The topological polar surface area (TPSA) is 82.5 Å². The minimum atomic E-state index is 0.188. The molecule has 18 heavy (non-hydrogen) atoms. The molecule has 0 amide bonds. The second-order valence-electron chi connectivity index (χ2n) is 3.65. The summed E-state index contributed by atoms with van der Waals surface area (Å²) in [7, 11) is 0. The lowest BCUT2D eigenvalue weighted by Gasteiger charge is -2.04. The van der Waals surface area contributed by atoms with Crippen LogP contribution >= 0.6 is 0 Å². The van der Waals surface area contributed by atoms with Gasteiger partial charge < -0.3 is 5.73 Å². The lowest BCUT2D eigenvalue weighted by Crippen LogP contribution is -2.06. The molecule has 2 N–H and O–H groups in total. The average Bonchev–Trinajstić information content (AvgIpc) is 2.93. The highest BCUT2D eigenvalue weighted by Gasteiger charge is 2.07. The average molecular weight is 238 g/mol. The highest BCUT2D eigenvalue weighted by Crippen LogP contribution is 2.15. The molecule has 0 spiro atoms. The Labute approximate surface area is 103 Å². The van der Waals surface area contributed by atoms with Crippen molar-refractivity contribution in [3.8, 4) is 17.3 Å². The summed E-state index contributed by atoms with van der Waals surface area (Å²) >= 11 is 0. The first-order valence-corrected chi connectivity index (χ1v) is 5.38. The number of hydrogen-bond acceptors (Lipinski definition) is 5. The molecule has 3 aromatic rings. The summed E-state index contributed by atoms with van der Waals surface area (Å²) in [5.41, 5.74) is 6.60. The highest BCUT2D eigenvalue weighted by atomic mass is 15.2. The highest BCUT2D eigenvalue weighted by molar-refractivity contribution is 5.56. The Bertz CT molecular complexity index is 648. The van der Waals surface area contributed by atoms with Crippen molar-refractivity contribution in [3.63, 3.8) is 0 Å². The molecule has 0 aliphatic carbocycles. The Morgan fingerprint density at radius 3 is 2.56 bits per heavy atom. The lowest BCUT2D eigenvalue weighted by molar-refractivity contribution is 0.906. The molecule has 88 valence electrons. The number of benzene rings is 1. The van der Waals surface area contributed by atoms with Crippen molar-refractivity contribution in [1.29, 1.82) is 0 Å². The zero-order valence-electron chi connectivity index (χ0n) is 9.43. The maximum atomic E-state index is 5.71. The van der Waals surface area contributed by atoms with E-state index in [2.05, 4.69) is 19.9 Å². The van der Waals surface area contributed by atoms with Crippen molar-refractivity contribution in [2.75, 3.05) is 5.73 Å². The van der Waals surface area contributed by atoms with Crippen LogP contribution in [0.25, 0.3) is 17.3 Å². The molecule has 0 fully saturated rings. The molecule has 6 heteroatoms. The Hall–Kier alpha value is -2.76. The number of nitrogens with two attached hydrogens (primary N) is 1. The van der Waals surface area contributed by atoms with E-state index < -0.39 is 0 Å². The van der Waals surface area contributed by atoms with Crippen LogP contribution in [-0.4, -0.2) is 24.5 Å². The van der Waals surface area contributed by atoms with Gasteiger partial charge in [0.25, 0.3) is 0 Å². The van der Waals surface area contributed by atoms with Gasteiger partial charge in [-0.3, -0.25) is 4.57 Å². The first kappa shape index (κ1) is 10.4. The first-order chi connectivity index (χ1) is 8.83. The zero-order chi connectivity index (χ0) is 12.4. The molecule has 0 aliphatic heterocycles. The van der Waals surface area contributed by atoms with E-state index >= 15 is 0 Å². The second-order valence-corrected chi connectivity index (χ2v) is 3.65. The van der Waals surface area contributed by atoms with Crippen LogP contribution in [0.15, 0.2) is 49.1 Å². The fourth-order valence-electron chi connectivity index (χ4n) is 1.59. The number of rotatable bonds is 2. The van der Waals surface area contributed by atoms with Crippen molar-refractivity contribution in [2.24, 2.45) is 0 Å². The van der Waals surface area contributed by atoms with Gasteiger partial charge in [-0.05, 0) is 0 Å². The molecule has 2 aromatic heterocycles. The molecule has 0 radical (unpaired) electrons. The number of nitrogen functional groups attached to an aromatic ring is 1. The molecule has 1 aromatic carbocycles. The van der Waals surface area contributed by atoms with Crippen LogP contribution in [0.4, 0.5) is 5.95 Å². The SMILES string of the molecule is Nc1nc(-c2ccccc2)nc(-n2ccnc2)n1. The van der Waals surface area contributed by atoms with Gasteiger partial charge in [0.15, 0.2) is 5.82 Å². The summed E-state index contributed by atoms with van der Waals surface area (Å²) in [5, 5.41) is 0. The van der Waals surface area contributed by atoms with Crippen LogP contribution in [0.1, 0.15) is 0 Å². The third-order valence-corrected chi connectivity index (χ3v) is 2.41. The molecule has 0 aliphatic rings. The van der Waals surface area contributed by atoms with Crippen LogP contribution in [0, 0.1) is 0 Å². The van der Waals surface area contributed by atoms with E-state index in [4.69, 9.17) is 5.73 Å². The number of aromatic nitrogens is 5. The Morgan fingerprint density at radius 2 is 1.83 bits per heavy atom. The maximum absolute atomic E-state index is 5.71. The van der Waals surface area contributed by atoms with E-state index in [9.17, 15) is 0 Å². The van der Waals surface area contributed by atoms with E-state index in [-0.39, 0.29) is 5.95 Å². The predicted molar refractivity (Wildman–Crippen MR) is 66.8 cm³/mol. The Kier molecular flexibility index (Phi) is 2.45. The molecular weight excluding hydrogens is 228 g/mol. The zero-order valence-corrected chi connectivity index (χ0v) is 9.43. The number of nitrogens with zero attached hydrogens (tertiary/aromatic N) is 5. The summed E-state index contributed by atoms with van der Waals surface area (Å²) in [6, 6.07) is 9.63. The van der Waals surface area contributed by atoms with E-state index in [0.29, 0.717) is 11.8 Å². The number of anilines is 1. The van der Waals surface area contributed by atoms with Gasteiger partial charge in [0.05, 0.1) is 0 Å². The molecule has 0 bridgehead atoms.